The van der Waals surface area contributed by atoms with Gasteiger partial charge in [-0.25, -0.2) is 0 Å². The molecule has 132 valence electrons. The van der Waals surface area contributed by atoms with Crippen molar-refractivity contribution in [2.75, 3.05) is 0 Å². The first-order chi connectivity index (χ1) is 11.8. The van der Waals surface area contributed by atoms with Gasteiger partial charge in [-0.05, 0) is 54.8 Å². The van der Waals surface area contributed by atoms with Gasteiger partial charge in [-0.15, -0.1) is 0 Å². The number of phenolic OH excluding ortho intramolecular Hbond substituents is 1. The van der Waals surface area contributed by atoms with E-state index in [-0.39, 0.29) is 5.75 Å². The molecule has 3 rings (SSSR count). The molecule has 1 aliphatic rings. The second-order valence-corrected chi connectivity index (χ2v) is 6.92. The second-order valence-electron chi connectivity index (χ2n) is 6.92. The first kappa shape index (κ1) is 17.5. The number of hydrogen-bond donors (Lipinski definition) is 1. The normalized spacial score (nSPS) is 25.1. The third kappa shape index (κ3) is 3.14. The van der Waals surface area contributed by atoms with Crippen LogP contribution in [0, 0.1) is 0 Å². The fourth-order valence-electron chi connectivity index (χ4n) is 3.27. The number of fused-ring (bicyclic) bond motifs is 1. The molecule has 2 atom stereocenters. The highest BCUT2D eigenvalue weighted by atomic mass is 16.7. The Kier molecular flexibility index (Phi) is 4.33. The summed E-state index contributed by atoms with van der Waals surface area (Å²) in [6, 6.07) is 10.8. The van der Waals surface area contributed by atoms with E-state index in [1.807, 2.05) is 32.0 Å². The van der Waals surface area contributed by atoms with Crippen LogP contribution < -0.4 is 4.74 Å². The average molecular weight is 340 g/mol. The van der Waals surface area contributed by atoms with Crippen molar-refractivity contribution >= 4 is 6.29 Å². The van der Waals surface area contributed by atoms with Crippen molar-refractivity contribution in [2.24, 2.45) is 0 Å². The molecule has 0 saturated carbocycles. The molecule has 0 bridgehead atoms. The van der Waals surface area contributed by atoms with E-state index >= 15 is 0 Å². The SMILES string of the molecule is CCC1(C)Oc2ccc(-c3cc(O)cc(C=O)c3)cc2C(C)(CC)O1. The minimum Gasteiger partial charge on any atom is -0.508 e. The quantitative estimate of drug-likeness (QED) is 0.793. The Bertz CT molecular complexity index is 814. The van der Waals surface area contributed by atoms with Gasteiger partial charge in [-0.1, -0.05) is 19.9 Å². The average Bonchev–Trinajstić information content (AvgIpc) is 2.60. The summed E-state index contributed by atoms with van der Waals surface area (Å²) in [4.78, 5) is 11.1. The van der Waals surface area contributed by atoms with Crippen LogP contribution in [0.4, 0.5) is 0 Å². The molecule has 1 N–H and O–H groups in total. The maximum absolute atomic E-state index is 11.1. The molecular weight excluding hydrogens is 316 g/mol. The maximum Gasteiger partial charge on any atom is 0.208 e. The number of hydrogen-bond acceptors (Lipinski definition) is 4. The van der Waals surface area contributed by atoms with Crippen molar-refractivity contribution in [3.63, 3.8) is 0 Å². The number of aldehydes is 1. The van der Waals surface area contributed by atoms with Crippen molar-refractivity contribution in [1.82, 2.24) is 0 Å². The minimum atomic E-state index is -0.644. The van der Waals surface area contributed by atoms with Crippen LogP contribution in [0.25, 0.3) is 11.1 Å². The van der Waals surface area contributed by atoms with Crippen LogP contribution in [0.1, 0.15) is 56.5 Å². The summed E-state index contributed by atoms with van der Waals surface area (Å²) in [5.74, 6) is 0.246. The van der Waals surface area contributed by atoms with E-state index in [0.29, 0.717) is 5.56 Å². The smallest absolute Gasteiger partial charge is 0.208 e. The highest BCUT2D eigenvalue weighted by Gasteiger charge is 2.43. The lowest BCUT2D eigenvalue weighted by Crippen LogP contribution is -2.47. The monoisotopic (exact) mass is 340 g/mol. The zero-order chi connectivity index (χ0) is 18.2. The lowest BCUT2D eigenvalue weighted by molar-refractivity contribution is -0.259. The molecule has 1 heterocycles. The maximum atomic E-state index is 11.1. The van der Waals surface area contributed by atoms with Gasteiger partial charge >= 0.3 is 0 Å². The van der Waals surface area contributed by atoms with Gasteiger partial charge in [0.05, 0.1) is 5.60 Å². The molecule has 2 unspecified atom stereocenters. The van der Waals surface area contributed by atoms with Gasteiger partial charge in [0.15, 0.2) is 0 Å². The topological polar surface area (TPSA) is 55.8 Å². The Balaban J connectivity index is 2.12. The van der Waals surface area contributed by atoms with Gasteiger partial charge in [0.2, 0.25) is 5.79 Å². The zero-order valence-corrected chi connectivity index (χ0v) is 15.1. The summed E-state index contributed by atoms with van der Waals surface area (Å²) >= 11 is 0. The van der Waals surface area contributed by atoms with Gasteiger partial charge in [-0.3, -0.25) is 4.79 Å². The summed E-state index contributed by atoms with van der Waals surface area (Å²) in [6.45, 7) is 8.18. The second kappa shape index (κ2) is 6.19. The molecular formula is C21H24O4. The molecule has 0 spiro atoms. The van der Waals surface area contributed by atoms with Crippen LogP contribution in [0.15, 0.2) is 36.4 Å². The van der Waals surface area contributed by atoms with E-state index in [1.54, 1.807) is 12.1 Å². The first-order valence-corrected chi connectivity index (χ1v) is 8.66. The molecule has 0 aliphatic carbocycles. The molecule has 0 fully saturated rings. The number of carbonyl (C=O) groups is 1. The Labute approximate surface area is 148 Å². The minimum absolute atomic E-state index is 0.0710. The van der Waals surface area contributed by atoms with Gasteiger partial charge in [0, 0.05) is 24.5 Å². The predicted molar refractivity (Wildman–Crippen MR) is 97.0 cm³/mol. The van der Waals surface area contributed by atoms with Crippen LogP contribution >= 0.6 is 0 Å². The van der Waals surface area contributed by atoms with Gasteiger partial charge in [-0.2, -0.15) is 0 Å². The molecule has 4 nitrogen and oxygen atoms in total. The number of aromatic hydroxyl groups is 1. The van der Waals surface area contributed by atoms with E-state index in [0.717, 1.165) is 41.6 Å². The van der Waals surface area contributed by atoms with Crippen molar-refractivity contribution in [2.45, 2.75) is 51.9 Å². The van der Waals surface area contributed by atoms with Crippen LogP contribution in [-0.4, -0.2) is 17.2 Å². The highest BCUT2D eigenvalue weighted by molar-refractivity contribution is 5.80. The standard InChI is InChI=1S/C21H24O4/c1-5-20(3)18-12-15(16-9-14(13-22)10-17(23)11-16)7-8-19(18)24-21(4,6-2)25-20/h7-13,23H,5-6H2,1-4H3. The molecule has 2 aromatic rings. The lowest BCUT2D eigenvalue weighted by Gasteiger charge is -2.45. The predicted octanol–water partition coefficient (Wildman–Crippen LogP) is 5.03. The lowest BCUT2D eigenvalue weighted by atomic mass is 9.87. The molecule has 25 heavy (non-hydrogen) atoms. The summed E-state index contributed by atoms with van der Waals surface area (Å²) < 4.78 is 12.4. The fraction of sp³-hybridized carbons (Fsp3) is 0.381. The summed E-state index contributed by atoms with van der Waals surface area (Å²) in [6.07, 6.45) is 2.29. The number of rotatable bonds is 4. The van der Waals surface area contributed by atoms with Crippen LogP contribution in [0.5, 0.6) is 11.5 Å². The first-order valence-electron chi connectivity index (χ1n) is 8.66. The van der Waals surface area contributed by atoms with Crippen molar-refractivity contribution in [1.29, 1.82) is 0 Å². The Morgan fingerprint density at radius 1 is 1.04 bits per heavy atom. The Morgan fingerprint density at radius 3 is 2.44 bits per heavy atom. The van der Waals surface area contributed by atoms with Crippen LogP contribution in [-0.2, 0) is 10.3 Å². The number of carbonyl (C=O) groups excluding carboxylic acids is 1. The molecule has 0 radical (unpaired) electrons. The summed E-state index contributed by atoms with van der Waals surface area (Å²) in [7, 11) is 0. The largest absolute Gasteiger partial charge is 0.508 e. The van der Waals surface area contributed by atoms with Crippen LogP contribution in [0.2, 0.25) is 0 Å². The third-order valence-corrected chi connectivity index (χ3v) is 5.04. The molecule has 1 aliphatic heterocycles. The molecule has 2 aromatic carbocycles. The number of benzene rings is 2. The van der Waals surface area contributed by atoms with Crippen molar-refractivity contribution in [3.05, 3.63) is 47.5 Å². The molecule has 0 saturated heterocycles. The van der Waals surface area contributed by atoms with Gasteiger partial charge < -0.3 is 14.6 Å². The van der Waals surface area contributed by atoms with Crippen molar-refractivity contribution in [3.8, 4) is 22.6 Å². The molecule has 0 amide bonds. The van der Waals surface area contributed by atoms with E-state index in [2.05, 4.69) is 13.8 Å². The third-order valence-electron chi connectivity index (χ3n) is 5.04. The van der Waals surface area contributed by atoms with E-state index < -0.39 is 11.4 Å². The van der Waals surface area contributed by atoms with E-state index in [1.165, 1.54) is 6.07 Å². The Morgan fingerprint density at radius 2 is 1.80 bits per heavy atom. The van der Waals surface area contributed by atoms with E-state index in [4.69, 9.17) is 9.47 Å². The van der Waals surface area contributed by atoms with Crippen molar-refractivity contribution < 1.29 is 19.4 Å². The van der Waals surface area contributed by atoms with Gasteiger partial charge in [0.1, 0.15) is 17.8 Å². The molecule has 0 aromatic heterocycles. The molecule has 4 heteroatoms. The zero-order valence-electron chi connectivity index (χ0n) is 15.1. The van der Waals surface area contributed by atoms with Crippen LogP contribution in [0.3, 0.4) is 0 Å². The number of phenols is 1. The summed E-state index contributed by atoms with van der Waals surface area (Å²) in [5, 5.41) is 9.87. The highest BCUT2D eigenvalue weighted by Crippen LogP contribution is 2.46. The Hall–Kier alpha value is -2.33. The van der Waals surface area contributed by atoms with Gasteiger partial charge in [0.25, 0.3) is 0 Å². The van der Waals surface area contributed by atoms with E-state index in [9.17, 15) is 9.90 Å². The fourth-order valence-corrected chi connectivity index (χ4v) is 3.27. The number of ether oxygens (including phenoxy) is 2. The summed E-state index contributed by atoms with van der Waals surface area (Å²) in [5.41, 5.74) is 2.65.